The number of nitrogens with one attached hydrogen (secondary N) is 1. The fourth-order valence-corrected chi connectivity index (χ4v) is 4.54. The number of hydrogen-bond donors (Lipinski definition) is 2. The highest BCUT2D eigenvalue weighted by atomic mass is 32.2. The summed E-state index contributed by atoms with van der Waals surface area (Å²) in [4.78, 5) is 14.6. The normalized spacial score (nSPS) is 14.0. The van der Waals surface area contributed by atoms with Gasteiger partial charge in [0.2, 0.25) is 10.0 Å². The fourth-order valence-electron chi connectivity index (χ4n) is 3.32. The van der Waals surface area contributed by atoms with Crippen molar-refractivity contribution in [1.82, 2.24) is 0 Å². The minimum absolute atomic E-state index is 0.0476. The molecule has 2 N–H and O–H groups in total. The molecule has 1 aliphatic heterocycles. The molecule has 0 fully saturated rings. The predicted molar refractivity (Wildman–Crippen MR) is 112 cm³/mol. The number of thiophene rings is 1. The summed E-state index contributed by atoms with van der Waals surface area (Å²) in [6.07, 6.45) is 1.70. The van der Waals surface area contributed by atoms with Crippen molar-refractivity contribution in [2.45, 2.75) is 6.42 Å². The summed E-state index contributed by atoms with van der Waals surface area (Å²) in [6, 6.07) is 12.3. The Morgan fingerprint density at radius 3 is 2.64 bits per heavy atom. The number of amides is 1. The molecule has 0 aliphatic carbocycles. The molecular formula is C20H18N2O4S2. The van der Waals surface area contributed by atoms with Gasteiger partial charge >= 0.3 is 0 Å². The molecule has 2 heterocycles. The molecule has 2 aromatic carbocycles. The number of rotatable bonds is 4. The zero-order valence-corrected chi connectivity index (χ0v) is 16.7. The largest absolute Gasteiger partial charge is 0.506 e. The van der Waals surface area contributed by atoms with Gasteiger partial charge in [0.15, 0.2) is 0 Å². The van der Waals surface area contributed by atoms with Crippen LogP contribution in [0.3, 0.4) is 0 Å². The predicted octanol–water partition coefficient (Wildman–Crippen LogP) is 3.70. The van der Waals surface area contributed by atoms with Crippen LogP contribution in [0.4, 0.5) is 11.4 Å². The number of carbonyl (C=O) groups is 1. The third kappa shape index (κ3) is 3.61. The van der Waals surface area contributed by atoms with Gasteiger partial charge in [0.1, 0.15) is 5.75 Å². The monoisotopic (exact) mass is 414 g/mol. The van der Waals surface area contributed by atoms with Gasteiger partial charge in [0, 0.05) is 17.8 Å². The molecule has 1 aliphatic rings. The van der Waals surface area contributed by atoms with Gasteiger partial charge in [0.25, 0.3) is 5.91 Å². The lowest BCUT2D eigenvalue weighted by atomic mass is 9.94. The number of aromatic hydroxyl groups is 1. The van der Waals surface area contributed by atoms with Gasteiger partial charge in [-0.2, -0.15) is 11.3 Å². The van der Waals surface area contributed by atoms with E-state index in [-0.39, 0.29) is 17.3 Å². The first-order valence-corrected chi connectivity index (χ1v) is 11.4. The molecule has 0 spiro atoms. The van der Waals surface area contributed by atoms with Crippen LogP contribution in [0.5, 0.6) is 5.75 Å². The number of hydrogen-bond acceptors (Lipinski definition) is 5. The number of sulfonamides is 1. The minimum atomic E-state index is -3.55. The zero-order valence-electron chi connectivity index (χ0n) is 15.0. The van der Waals surface area contributed by atoms with E-state index in [0.717, 1.165) is 22.9 Å². The molecule has 4 rings (SSSR count). The van der Waals surface area contributed by atoms with Crippen molar-refractivity contribution in [2.75, 3.05) is 22.4 Å². The highest BCUT2D eigenvalue weighted by molar-refractivity contribution is 7.92. The molecule has 28 heavy (non-hydrogen) atoms. The van der Waals surface area contributed by atoms with Crippen molar-refractivity contribution in [1.29, 1.82) is 0 Å². The quantitative estimate of drug-likeness (QED) is 0.638. The van der Waals surface area contributed by atoms with Gasteiger partial charge in [-0.05, 0) is 64.2 Å². The molecule has 0 atom stereocenters. The molecule has 3 aromatic rings. The van der Waals surface area contributed by atoms with E-state index in [0.29, 0.717) is 24.2 Å². The first-order chi connectivity index (χ1) is 13.3. The highest BCUT2D eigenvalue weighted by Gasteiger charge is 2.26. The topological polar surface area (TPSA) is 86.7 Å². The SMILES string of the molecule is CS(=O)(=O)Nc1cc(N2CCc3cc(-c4ccsc4)ccc3C2=O)ccc1O. The number of benzene rings is 2. The maximum absolute atomic E-state index is 13.0. The lowest BCUT2D eigenvalue weighted by Gasteiger charge is -2.29. The molecule has 144 valence electrons. The molecule has 1 aromatic heterocycles. The van der Waals surface area contributed by atoms with E-state index in [1.807, 2.05) is 17.5 Å². The summed E-state index contributed by atoms with van der Waals surface area (Å²) in [5.41, 5.74) is 4.44. The van der Waals surface area contributed by atoms with Gasteiger partial charge in [-0.3, -0.25) is 9.52 Å². The molecular weight excluding hydrogens is 396 g/mol. The van der Waals surface area contributed by atoms with Crippen LogP contribution in [0.2, 0.25) is 0 Å². The summed E-state index contributed by atoms with van der Waals surface area (Å²) < 4.78 is 25.3. The van der Waals surface area contributed by atoms with E-state index >= 15 is 0 Å². The summed E-state index contributed by atoms with van der Waals surface area (Å²) in [7, 11) is -3.55. The first-order valence-electron chi connectivity index (χ1n) is 8.60. The van der Waals surface area contributed by atoms with Crippen LogP contribution in [-0.4, -0.2) is 32.2 Å². The second-order valence-electron chi connectivity index (χ2n) is 6.67. The molecule has 6 nitrogen and oxygen atoms in total. The van der Waals surface area contributed by atoms with Gasteiger partial charge in [-0.1, -0.05) is 12.1 Å². The van der Waals surface area contributed by atoms with Crippen molar-refractivity contribution in [3.63, 3.8) is 0 Å². The smallest absolute Gasteiger partial charge is 0.258 e. The Morgan fingerprint density at radius 1 is 1.11 bits per heavy atom. The molecule has 1 amide bonds. The molecule has 0 bridgehead atoms. The van der Waals surface area contributed by atoms with Crippen LogP contribution in [-0.2, 0) is 16.4 Å². The fraction of sp³-hybridized carbons (Fsp3) is 0.150. The van der Waals surface area contributed by atoms with Crippen LogP contribution in [0, 0.1) is 0 Å². The lowest BCUT2D eigenvalue weighted by Crippen LogP contribution is -2.37. The first kappa shape index (κ1) is 18.5. The second kappa shape index (κ2) is 6.96. The van der Waals surface area contributed by atoms with Crippen LogP contribution in [0.25, 0.3) is 11.1 Å². The van der Waals surface area contributed by atoms with Gasteiger partial charge in [-0.15, -0.1) is 0 Å². The third-order valence-electron chi connectivity index (χ3n) is 4.63. The Labute approximate surface area is 167 Å². The van der Waals surface area contributed by atoms with Crippen molar-refractivity contribution in [3.05, 3.63) is 64.4 Å². The van der Waals surface area contributed by atoms with Crippen LogP contribution in [0.1, 0.15) is 15.9 Å². The van der Waals surface area contributed by atoms with Crippen molar-refractivity contribution < 1.29 is 18.3 Å². The van der Waals surface area contributed by atoms with E-state index in [2.05, 4.69) is 22.2 Å². The average Bonchev–Trinajstić information content (AvgIpc) is 3.17. The highest BCUT2D eigenvalue weighted by Crippen LogP contribution is 2.33. The minimum Gasteiger partial charge on any atom is -0.506 e. The van der Waals surface area contributed by atoms with E-state index in [4.69, 9.17) is 0 Å². The van der Waals surface area contributed by atoms with Gasteiger partial charge in [-0.25, -0.2) is 8.42 Å². The maximum atomic E-state index is 13.0. The number of carbonyl (C=O) groups excluding carboxylic acids is 1. The summed E-state index contributed by atoms with van der Waals surface area (Å²) >= 11 is 1.63. The van der Waals surface area contributed by atoms with E-state index in [1.165, 1.54) is 12.1 Å². The summed E-state index contributed by atoms with van der Waals surface area (Å²) in [6.45, 7) is 0.474. The van der Waals surface area contributed by atoms with Crippen molar-refractivity contribution in [2.24, 2.45) is 0 Å². The second-order valence-corrected chi connectivity index (χ2v) is 9.19. The lowest BCUT2D eigenvalue weighted by molar-refractivity contribution is 0.0980. The molecule has 0 radical (unpaired) electrons. The number of fused-ring (bicyclic) bond motifs is 1. The number of phenols is 1. The Kier molecular flexibility index (Phi) is 4.60. The van der Waals surface area contributed by atoms with Gasteiger partial charge in [0.05, 0.1) is 11.9 Å². The Hall–Kier alpha value is -2.84. The van der Waals surface area contributed by atoms with E-state index in [9.17, 15) is 18.3 Å². The number of phenolic OH excluding ortho intramolecular Hbond substituents is 1. The zero-order chi connectivity index (χ0) is 19.9. The molecule has 8 heteroatoms. The average molecular weight is 415 g/mol. The Bertz CT molecular complexity index is 1150. The maximum Gasteiger partial charge on any atom is 0.258 e. The van der Waals surface area contributed by atoms with Crippen LogP contribution >= 0.6 is 11.3 Å². The standard InChI is InChI=1S/C20H18N2O4S2/c1-28(25,26)21-18-11-16(3-5-19(18)23)22-8-6-14-10-13(15-7-9-27-12-15)2-4-17(14)20(22)24/h2-5,7,9-12,21,23H,6,8H2,1H3. The Morgan fingerprint density at radius 2 is 1.93 bits per heavy atom. The number of anilines is 2. The third-order valence-corrected chi connectivity index (χ3v) is 5.90. The van der Waals surface area contributed by atoms with Crippen LogP contribution in [0.15, 0.2) is 53.2 Å². The van der Waals surface area contributed by atoms with Crippen molar-refractivity contribution >= 4 is 38.6 Å². The Balaban J connectivity index is 1.66. The number of nitrogens with zero attached hydrogens (tertiary/aromatic N) is 1. The molecule has 0 saturated heterocycles. The van der Waals surface area contributed by atoms with E-state index < -0.39 is 10.0 Å². The van der Waals surface area contributed by atoms with E-state index in [1.54, 1.807) is 22.3 Å². The summed E-state index contributed by atoms with van der Waals surface area (Å²) in [5, 5.41) is 14.0. The van der Waals surface area contributed by atoms with Gasteiger partial charge < -0.3 is 10.0 Å². The molecule has 0 unspecified atom stereocenters. The van der Waals surface area contributed by atoms with Crippen LogP contribution < -0.4 is 9.62 Å². The molecule has 0 saturated carbocycles. The summed E-state index contributed by atoms with van der Waals surface area (Å²) in [5.74, 6) is -0.339. The van der Waals surface area contributed by atoms with Crippen molar-refractivity contribution in [3.8, 4) is 16.9 Å².